The van der Waals surface area contributed by atoms with Gasteiger partial charge < -0.3 is 15.4 Å². The Balaban J connectivity index is 4.84. The van der Waals surface area contributed by atoms with E-state index in [2.05, 4.69) is 43.1 Å². The molecule has 0 rings (SSSR count). The molecule has 0 aliphatic heterocycles. The van der Waals surface area contributed by atoms with Crippen molar-refractivity contribution >= 4 is 12.0 Å². The van der Waals surface area contributed by atoms with Crippen molar-refractivity contribution in [3.8, 4) is 0 Å². The van der Waals surface area contributed by atoms with Crippen molar-refractivity contribution in [1.82, 2.24) is 10.6 Å². The van der Waals surface area contributed by atoms with Gasteiger partial charge in [-0.05, 0) is 17.8 Å². The minimum Gasteiger partial charge on any atom is -0.453 e. The third-order valence-electron chi connectivity index (χ3n) is 3.69. The third-order valence-corrected chi connectivity index (χ3v) is 3.69. The number of ether oxygens (including phenoxy) is 1. The summed E-state index contributed by atoms with van der Waals surface area (Å²) in [4.78, 5) is 23.7. The van der Waals surface area contributed by atoms with E-state index in [0.29, 0.717) is 11.8 Å². The van der Waals surface area contributed by atoms with E-state index in [4.69, 9.17) is 0 Å². The van der Waals surface area contributed by atoms with Gasteiger partial charge in [-0.2, -0.15) is 0 Å². The second kappa shape index (κ2) is 8.82. The van der Waals surface area contributed by atoms with Crippen LogP contribution in [0.2, 0.25) is 0 Å². The third kappa shape index (κ3) is 5.80. The fourth-order valence-electron chi connectivity index (χ4n) is 2.19. The molecule has 0 bridgehead atoms. The van der Waals surface area contributed by atoms with Gasteiger partial charge in [0.05, 0.1) is 7.11 Å². The molecular weight excluding hydrogens is 256 g/mol. The molecule has 0 aromatic carbocycles. The molecule has 0 spiro atoms. The van der Waals surface area contributed by atoms with Crippen LogP contribution in [-0.4, -0.2) is 31.2 Å². The number of nitrogens with one attached hydrogen (secondary N) is 2. The van der Waals surface area contributed by atoms with E-state index in [1.165, 1.54) is 7.11 Å². The molecule has 20 heavy (non-hydrogen) atoms. The van der Waals surface area contributed by atoms with E-state index < -0.39 is 12.1 Å². The zero-order valence-electron chi connectivity index (χ0n) is 13.8. The Morgan fingerprint density at radius 1 is 1.00 bits per heavy atom. The van der Waals surface area contributed by atoms with Crippen LogP contribution in [0.25, 0.3) is 0 Å². The van der Waals surface area contributed by atoms with Crippen LogP contribution in [0, 0.1) is 17.8 Å². The monoisotopic (exact) mass is 286 g/mol. The molecule has 0 radical (unpaired) electrons. The topological polar surface area (TPSA) is 67.4 Å². The molecule has 0 saturated heterocycles. The van der Waals surface area contributed by atoms with Crippen LogP contribution < -0.4 is 10.6 Å². The van der Waals surface area contributed by atoms with Crippen molar-refractivity contribution < 1.29 is 14.3 Å². The second-order valence-corrected chi connectivity index (χ2v) is 6.02. The maximum Gasteiger partial charge on any atom is 0.407 e. The van der Waals surface area contributed by atoms with E-state index in [0.717, 1.165) is 6.42 Å². The molecule has 0 fully saturated rings. The Morgan fingerprint density at radius 3 is 1.90 bits per heavy atom. The van der Waals surface area contributed by atoms with E-state index in [1.54, 1.807) is 0 Å². The highest BCUT2D eigenvalue weighted by atomic mass is 16.5. The molecule has 2 N–H and O–H groups in total. The minimum absolute atomic E-state index is 0.00107. The molecule has 0 heterocycles. The lowest BCUT2D eigenvalue weighted by Crippen LogP contribution is -2.54. The zero-order valence-corrected chi connectivity index (χ0v) is 13.8. The van der Waals surface area contributed by atoms with Gasteiger partial charge in [0.1, 0.15) is 6.04 Å². The maximum atomic E-state index is 12.4. The summed E-state index contributed by atoms with van der Waals surface area (Å²) in [5.74, 6) is 0.591. The molecule has 3 atom stereocenters. The van der Waals surface area contributed by atoms with Gasteiger partial charge in [-0.3, -0.25) is 4.79 Å². The van der Waals surface area contributed by atoms with Gasteiger partial charge in [0.2, 0.25) is 5.91 Å². The quantitative estimate of drug-likeness (QED) is 0.756. The fourth-order valence-corrected chi connectivity index (χ4v) is 2.19. The number of hydrogen-bond acceptors (Lipinski definition) is 3. The minimum atomic E-state index is -0.580. The first-order valence-electron chi connectivity index (χ1n) is 7.39. The molecule has 2 amide bonds. The van der Waals surface area contributed by atoms with E-state index >= 15 is 0 Å². The standard InChI is InChI=1S/C15H30N2O3/c1-8-11(6)12(9(2)3)16-14(18)13(10(4)5)17-15(19)20-7/h9-13H,8H2,1-7H3,(H,16,18)(H,17,19)/t11-,12?,13?/m1/s1. The fraction of sp³-hybridized carbons (Fsp3) is 0.867. The average Bonchev–Trinajstić information content (AvgIpc) is 2.39. The number of hydrogen-bond donors (Lipinski definition) is 2. The largest absolute Gasteiger partial charge is 0.453 e. The Kier molecular flexibility index (Phi) is 8.26. The van der Waals surface area contributed by atoms with Gasteiger partial charge in [0.15, 0.2) is 0 Å². The number of carbonyl (C=O) groups is 2. The molecule has 118 valence electrons. The molecule has 0 saturated carbocycles. The smallest absolute Gasteiger partial charge is 0.407 e. The summed E-state index contributed by atoms with van der Waals surface area (Å²) in [6, 6.07) is -0.471. The van der Waals surface area contributed by atoms with Crippen LogP contribution in [-0.2, 0) is 9.53 Å². The summed E-state index contributed by atoms with van der Waals surface area (Å²) in [6.45, 7) is 12.2. The number of carbonyl (C=O) groups excluding carboxylic acids is 2. The highest BCUT2D eigenvalue weighted by molar-refractivity contribution is 5.86. The molecule has 2 unspecified atom stereocenters. The highest BCUT2D eigenvalue weighted by Gasteiger charge is 2.29. The molecule has 5 heteroatoms. The Labute approximate surface area is 122 Å². The average molecular weight is 286 g/mol. The predicted octanol–water partition coefficient (Wildman–Crippen LogP) is 2.55. The first kappa shape index (κ1) is 18.7. The summed E-state index contributed by atoms with van der Waals surface area (Å²) in [7, 11) is 1.29. The number of rotatable bonds is 7. The van der Waals surface area contributed by atoms with Crippen molar-refractivity contribution in [2.24, 2.45) is 17.8 Å². The summed E-state index contributed by atoms with van der Waals surface area (Å²) in [5.41, 5.74) is 0. The first-order valence-corrected chi connectivity index (χ1v) is 7.39. The number of amides is 2. The summed E-state index contributed by atoms with van der Waals surface area (Å²) >= 11 is 0. The molecule has 0 aromatic rings. The first-order chi connectivity index (χ1) is 9.24. The molecule has 0 aliphatic carbocycles. The summed E-state index contributed by atoms with van der Waals surface area (Å²) in [5, 5.41) is 5.66. The van der Waals surface area contributed by atoms with Crippen LogP contribution in [0.15, 0.2) is 0 Å². The van der Waals surface area contributed by atoms with Gasteiger partial charge in [0, 0.05) is 6.04 Å². The van der Waals surface area contributed by atoms with Crippen molar-refractivity contribution in [2.45, 2.75) is 60.0 Å². The second-order valence-electron chi connectivity index (χ2n) is 6.02. The summed E-state index contributed by atoms with van der Waals surface area (Å²) < 4.78 is 4.57. The van der Waals surface area contributed by atoms with Gasteiger partial charge >= 0.3 is 6.09 Å². The van der Waals surface area contributed by atoms with Crippen LogP contribution in [0.1, 0.15) is 48.0 Å². The molecular formula is C15H30N2O3. The lowest BCUT2D eigenvalue weighted by atomic mass is 9.89. The highest BCUT2D eigenvalue weighted by Crippen LogP contribution is 2.16. The lowest BCUT2D eigenvalue weighted by Gasteiger charge is -2.30. The van der Waals surface area contributed by atoms with Gasteiger partial charge in [-0.15, -0.1) is 0 Å². The Bertz CT molecular complexity index is 316. The van der Waals surface area contributed by atoms with E-state index in [1.807, 2.05) is 13.8 Å². The van der Waals surface area contributed by atoms with Crippen molar-refractivity contribution in [3.05, 3.63) is 0 Å². The van der Waals surface area contributed by atoms with E-state index in [9.17, 15) is 9.59 Å². The normalized spacial score (nSPS) is 15.7. The number of methoxy groups -OCH3 is 1. The zero-order chi connectivity index (χ0) is 15.9. The Hall–Kier alpha value is -1.26. The predicted molar refractivity (Wildman–Crippen MR) is 80.4 cm³/mol. The van der Waals surface area contributed by atoms with Crippen LogP contribution in [0.3, 0.4) is 0 Å². The van der Waals surface area contributed by atoms with Gasteiger partial charge in [0.25, 0.3) is 0 Å². The molecule has 0 aromatic heterocycles. The number of alkyl carbamates (subject to hydrolysis) is 1. The van der Waals surface area contributed by atoms with Crippen LogP contribution >= 0.6 is 0 Å². The summed E-state index contributed by atoms with van der Waals surface area (Å²) in [6.07, 6.45) is 0.420. The van der Waals surface area contributed by atoms with Crippen molar-refractivity contribution in [3.63, 3.8) is 0 Å². The van der Waals surface area contributed by atoms with Crippen LogP contribution in [0.4, 0.5) is 4.79 Å². The Morgan fingerprint density at radius 2 is 1.55 bits per heavy atom. The van der Waals surface area contributed by atoms with Crippen LogP contribution in [0.5, 0.6) is 0 Å². The SMILES string of the molecule is CC[C@@H](C)C(NC(=O)C(NC(=O)OC)C(C)C)C(C)C. The van der Waals surface area contributed by atoms with Crippen molar-refractivity contribution in [2.75, 3.05) is 7.11 Å². The maximum absolute atomic E-state index is 12.4. The molecule has 0 aliphatic rings. The van der Waals surface area contributed by atoms with E-state index in [-0.39, 0.29) is 17.9 Å². The van der Waals surface area contributed by atoms with Gasteiger partial charge in [-0.25, -0.2) is 4.79 Å². The van der Waals surface area contributed by atoms with Gasteiger partial charge in [-0.1, -0.05) is 48.0 Å². The van der Waals surface area contributed by atoms with Crippen molar-refractivity contribution in [1.29, 1.82) is 0 Å². The lowest BCUT2D eigenvalue weighted by molar-refractivity contribution is -0.125. The molecule has 5 nitrogen and oxygen atoms in total.